The number of rotatable bonds is 3. The topological polar surface area (TPSA) is 81.7 Å². The maximum absolute atomic E-state index is 15.1. The van der Waals surface area contributed by atoms with Crippen LogP contribution in [0.3, 0.4) is 0 Å². The molecule has 10 heteroatoms. The number of alkyl carbamates (subject to hydrolysis) is 1. The molecule has 1 amide bonds. The van der Waals surface area contributed by atoms with Crippen molar-refractivity contribution >= 4 is 27.5 Å². The molecule has 2 aliphatic rings. The Bertz CT molecular complexity index is 1130. The van der Waals surface area contributed by atoms with Gasteiger partial charge >= 0.3 is 6.09 Å². The summed E-state index contributed by atoms with van der Waals surface area (Å²) in [7, 11) is -2.97. The van der Waals surface area contributed by atoms with E-state index in [1.807, 2.05) is 0 Å². The molecule has 6 nitrogen and oxygen atoms in total. The molecule has 1 fully saturated rings. The number of sulfone groups is 1. The zero-order valence-electron chi connectivity index (χ0n) is 16.5. The molecule has 3 atom stereocenters. The first-order valence-corrected chi connectivity index (χ1v) is 11.5. The highest BCUT2D eigenvalue weighted by molar-refractivity contribution is 7.92. The minimum absolute atomic E-state index is 0.0337. The molecule has 166 valence electrons. The van der Waals surface area contributed by atoms with Gasteiger partial charge in [0.15, 0.2) is 21.4 Å². The number of hydrogen-bond donors (Lipinski definition) is 1. The fourth-order valence-electron chi connectivity index (χ4n) is 4.70. The SMILES string of the molecule is COC(=O)N[C@@H]1CC[C@@]2(S(=O)(=O)c3ccc(Cl)cc3)c3c(F)ccc(F)c3OC[C@H]2C1. The van der Waals surface area contributed by atoms with Crippen LogP contribution in [0.2, 0.25) is 5.02 Å². The Hall–Kier alpha value is -2.39. The summed E-state index contributed by atoms with van der Waals surface area (Å²) in [5.41, 5.74) is -0.296. The van der Waals surface area contributed by atoms with Crippen molar-refractivity contribution in [1.82, 2.24) is 5.32 Å². The zero-order valence-corrected chi connectivity index (χ0v) is 18.1. The van der Waals surface area contributed by atoms with Gasteiger partial charge in [-0.25, -0.2) is 22.0 Å². The number of methoxy groups -OCH3 is 1. The average Bonchev–Trinajstić information content (AvgIpc) is 2.75. The standard InChI is InChI=1S/C21H20ClF2NO5S/c1-29-20(26)25-14-8-9-21(31(27,28)15-4-2-13(22)3-5-15)12(10-14)11-30-19-17(24)7-6-16(23)18(19)21/h2-7,12,14H,8-11H2,1H3,(H,25,26)/t12-,14-,21+/m1/s1. The van der Waals surface area contributed by atoms with Crippen LogP contribution in [-0.4, -0.2) is 34.3 Å². The molecule has 2 aromatic rings. The molecule has 0 spiro atoms. The number of carbonyl (C=O) groups is 1. The summed E-state index contributed by atoms with van der Waals surface area (Å²) in [4.78, 5) is 11.6. The molecule has 0 bridgehead atoms. The Morgan fingerprint density at radius 1 is 1.19 bits per heavy atom. The lowest BCUT2D eigenvalue weighted by Gasteiger charge is -2.49. The van der Waals surface area contributed by atoms with Gasteiger partial charge in [-0.05, 0) is 55.7 Å². The lowest BCUT2D eigenvalue weighted by molar-refractivity contribution is 0.103. The summed E-state index contributed by atoms with van der Waals surface area (Å²) in [6, 6.07) is 7.02. The van der Waals surface area contributed by atoms with Gasteiger partial charge in [-0.3, -0.25) is 0 Å². The highest BCUT2D eigenvalue weighted by Crippen LogP contribution is 2.56. The van der Waals surface area contributed by atoms with Gasteiger partial charge in [0.25, 0.3) is 0 Å². The van der Waals surface area contributed by atoms with Crippen molar-refractivity contribution in [1.29, 1.82) is 0 Å². The number of hydrogen-bond acceptors (Lipinski definition) is 5. The third-order valence-electron chi connectivity index (χ3n) is 6.11. The number of halogens is 3. The van der Waals surface area contributed by atoms with E-state index in [-0.39, 0.29) is 42.1 Å². The summed E-state index contributed by atoms with van der Waals surface area (Å²) in [6.07, 6.45) is -0.258. The Labute approximate surface area is 183 Å². The molecule has 1 saturated carbocycles. The van der Waals surface area contributed by atoms with Crippen LogP contribution in [0.4, 0.5) is 13.6 Å². The maximum atomic E-state index is 15.1. The van der Waals surface area contributed by atoms with E-state index in [1.54, 1.807) is 0 Å². The van der Waals surface area contributed by atoms with Crippen LogP contribution < -0.4 is 10.1 Å². The second-order valence-corrected chi connectivity index (χ2v) is 10.3. The average molecular weight is 472 g/mol. The molecule has 2 aromatic carbocycles. The molecule has 0 saturated heterocycles. The third-order valence-corrected chi connectivity index (χ3v) is 8.96. The van der Waals surface area contributed by atoms with Crippen LogP contribution in [-0.2, 0) is 19.3 Å². The van der Waals surface area contributed by atoms with E-state index in [0.29, 0.717) is 5.02 Å². The van der Waals surface area contributed by atoms with Gasteiger partial charge in [0.05, 0.1) is 24.2 Å². The number of benzene rings is 2. The summed E-state index contributed by atoms with van der Waals surface area (Å²) in [5.74, 6) is -2.78. The molecule has 0 radical (unpaired) electrons. The van der Waals surface area contributed by atoms with Gasteiger partial charge in [0.1, 0.15) is 10.6 Å². The molecular weight excluding hydrogens is 452 g/mol. The minimum Gasteiger partial charge on any atom is -0.490 e. The highest BCUT2D eigenvalue weighted by Gasteiger charge is 2.59. The van der Waals surface area contributed by atoms with Gasteiger partial charge < -0.3 is 14.8 Å². The Kier molecular flexibility index (Phi) is 5.59. The molecule has 0 unspecified atom stereocenters. The van der Waals surface area contributed by atoms with E-state index in [1.165, 1.54) is 31.4 Å². The van der Waals surface area contributed by atoms with Crippen LogP contribution in [0.1, 0.15) is 24.8 Å². The van der Waals surface area contributed by atoms with Crippen LogP contribution in [0, 0.1) is 17.6 Å². The van der Waals surface area contributed by atoms with Gasteiger partial charge in [-0.2, -0.15) is 0 Å². The number of amides is 1. The molecular formula is C21H20ClF2NO5S. The zero-order chi connectivity index (χ0) is 22.4. The summed E-state index contributed by atoms with van der Waals surface area (Å²) in [6.45, 7) is -0.139. The van der Waals surface area contributed by atoms with Gasteiger partial charge in [-0.1, -0.05) is 11.6 Å². The van der Waals surface area contributed by atoms with Crippen molar-refractivity contribution in [3.05, 3.63) is 58.6 Å². The molecule has 4 rings (SSSR count). The first-order valence-electron chi connectivity index (χ1n) is 9.66. The predicted molar refractivity (Wildman–Crippen MR) is 109 cm³/mol. The second kappa shape index (κ2) is 7.94. The monoisotopic (exact) mass is 471 g/mol. The predicted octanol–water partition coefficient (Wildman–Crippen LogP) is 4.20. The van der Waals surface area contributed by atoms with Crippen molar-refractivity contribution in [2.45, 2.75) is 34.9 Å². The third kappa shape index (κ3) is 3.43. The Morgan fingerprint density at radius 3 is 2.55 bits per heavy atom. The molecule has 1 heterocycles. The van der Waals surface area contributed by atoms with E-state index in [9.17, 15) is 17.6 Å². The smallest absolute Gasteiger partial charge is 0.407 e. The Balaban J connectivity index is 1.89. The van der Waals surface area contributed by atoms with Crippen molar-refractivity contribution in [3.8, 4) is 5.75 Å². The van der Waals surface area contributed by atoms with Crippen molar-refractivity contribution in [3.63, 3.8) is 0 Å². The van der Waals surface area contributed by atoms with Crippen LogP contribution in [0.25, 0.3) is 0 Å². The van der Waals surface area contributed by atoms with E-state index < -0.39 is 44.3 Å². The molecule has 31 heavy (non-hydrogen) atoms. The Morgan fingerprint density at radius 2 is 1.87 bits per heavy atom. The van der Waals surface area contributed by atoms with Gasteiger partial charge in [0.2, 0.25) is 0 Å². The summed E-state index contributed by atoms with van der Waals surface area (Å²) in [5, 5.41) is 3.02. The summed E-state index contributed by atoms with van der Waals surface area (Å²) < 4.78 is 66.0. The quantitative estimate of drug-likeness (QED) is 0.725. The number of fused-ring (bicyclic) bond motifs is 3. The number of nitrogens with one attached hydrogen (secondary N) is 1. The lowest BCUT2D eigenvalue weighted by Crippen LogP contribution is -2.55. The maximum Gasteiger partial charge on any atom is 0.407 e. The second-order valence-electron chi connectivity index (χ2n) is 7.70. The highest BCUT2D eigenvalue weighted by atomic mass is 35.5. The van der Waals surface area contributed by atoms with Gasteiger partial charge in [0, 0.05) is 17.0 Å². The fourth-order valence-corrected chi connectivity index (χ4v) is 7.19. The first kappa shape index (κ1) is 21.8. The first-order chi connectivity index (χ1) is 14.7. The lowest BCUT2D eigenvalue weighted by atomic mass is 9.71. The molecule has 1 aliphatic carbocycles. The van der Waals surface area contributed by atoms with Crippen molar-refractivity contribution in [2.24, 2.45) is 5.92 Å². The van der Waals surface area contributed by atoms with Gasteiger partial charge in [-0.15, -0.1) is 0 Å². The van der Waals surface area contributed by atoms with Crippen molar-refractivity contribution < 1.29 is 31.5 Å². The normalized spacial score (nSPS) is 25.0. The molecule has 1 N–H and O–H groups in total. The van der Waals surface area contributed by atoms with Crippen LogP contribution in [0.5, 0.6) is 5.75 Å². The van der Waals surface area contributed by atoms with Crippen LogP contribution in [0.15, 0.2) is 41.3 Å². The summed E-state index contributed by atoms with van der Waals surface area (Å²) >= 11 is 5.92. The van der Waals surface area contributed by atoms with E-state index >= 15 is 4.39 Å². The molecule has 1 aliphatic heterocycles. The molecule has 0 aromatic heterocycles. The van der Waals surface area contributed by atoms with Crippen LogP contribution >= 0.6 is 11.6 Å². The fraction of sp³-hybridized carbons (Fsp3) is 0.381. The van der Waals surface area contributed by atoms with E-state index in [2.05, 4.69) is 10.1 Å². The van der Waals surface area contributed by atoms with E-state index in [4.69, 9.17) is 16.3 Å². The minimum atomic E-state index is -4.20. The number of ether oxygens (including phenoxy) is 2. The largest absolute Gasteiger partial charge is 0.490 e. The number of carbonyl (C=O) groups excluding carboxylic acids is 1. The van der Waals surface area contributed by atoms with Crippen molar-refractivity contribution in [2.75, 3.05) is 13.7 Å². The van der Waals surface area contributed by atoms with E-state index in [0.717, 1.165) is 12.1 Å².